The Morgan fingerprint density at radius 1 is 0.788 bits per heavy atom. The monoisotopic (exact) mass is 476 g/mol. The van der Waals surface area contributed by atoms with Gasteiger partial charge in [-0.05, 0) is 20.8 Å². The van der Waals surface area contributed by atoms with Crippen LogP contribution < -0.4 is 0 Å². The first kappa shape index (κ1) is 25.8. The number of esters is 3. The van der Waals surface area contributed by atoms with Crippen LogP contribution in [0.2, 0.25) is 0 Å². The van der Waals surface area contributed by atoms with Crippen molar-refractivity contribution in [1.82, 2.24) is 0 Å². The smallest absolute Gasteiger partial charge is 0.303 e. The summed E-state index contributed by atoms with van der Waals surface area (Å²) in [6.45, 7) is 8.79. The Morgan fingerprint density at radius 3 is 1.91 bits per heavy atom. The van der Waals surface area contributed by atoms with E-state index < -0.39 is 79.0 Å². The fourth-order valence-electron chi connectivity index (χ4n) is 4.26. The highest BCUT2D eigenvalue weighted by molar-refractivity contribution is 5.68. The molecule has 3 aliphatic heterocycles. The zero-order valence-electron chi connectivity index (χ0n) is 19.8. The van der Waals surface area contributed by atoms with Crippen LogP contribution in [0.25, 0.3) is 0 Å². The van der Waals surface area contributed by atoms with E-state index in [2.05, 4.69) is 0 Å². The first-order valence-corrected chi connectivity index (χ1v) is 10.7. The normalized spacial score (nSPS) is 39.5. The van der Waals surface area contributed by atoms with Crippen LogP contribution in [-0.2, 0) is 57.0 Å². The highest BCUT2D eigenvalue weighted by Crippen LogP contribution is 2.39. The van der Waals surface area contributed by atoms with Gasteiger partial charge in [0.1, 0.15) is 18.3 Å². The molecule has 0 radical (unpaired) electrons. The Bertz CT molecular complexity index is 739. The predicted molar refractivity (Wildman–Crippen MR) is 106 cm³/mol. The largest absolute Gasteiger partial charge is 0.456 e. The van der Waals surface area contributed by atoms with Gasteiger partial charge in [-0.3, -0.25) is 14.4 Å². The zero-order valence-corrected chi connectivity index (χ0v) is 19.8. The van der Waals surface area contributed by atoms with Gasteiger partial charge in [-0.25, -0.2) is 0 Å². The molecular weight excluding hydrogens is 444 g/mol. The highest BCUT2D eigenvalue weighted by Gasteiger charge is 2.56. The van der Waals surface area contributed by atoms with Crippen LogP contribution >= 0.6 is 0 Å². The topological polar surface area (TPSA) is 134 Å². The van der Waals surface area contributed by atoms with Crippen molar-refractivity contribution in [2.45, 2.75) is 103 Å². The van der Waals surface area contributed by atoms with Crippen LogP contribution in [0.4, 0.5) is 0 Å². The van der Waals surface area contributed by atoms with Gasteiger partial charge in [-0.1, -0.05) is 0 Å². The summed E-state index contributed by atoms with van der Waals surface area (Å²) in [4.78, 5) is 35.2. The second kappa shape index (κ2) is 10.2. The lowest BCUT2D eigenvalue weighted by Gasteiger charge is -2.43. The summed E-state index contributed by atoms with van der Waals surface area (Å²) in [7, 11) is 1.50. The summed E-state index contributed by atoms with van der Waals surface area (Å²) in [6.07, 6.45) is -7.35. The van der Waals surface area contributed by atoms with Gasteiger partial charge < -0.3 is 42.6 Å². The van der Waals surface area contributed by atoms with Gasteiger partial charge in [0.15, 0.2) is 36.7 Å². The summed E-state index contributed by atoms with van der Waals surface area (Å²) in [6, 6.07) is 0. The Hall–Kier alpha value is -1.83. The third-order valence-corrected chi connectivity index (χ3v) is 5.40. The summed E-state index contributed by atoms with van der Waals surface area (Å²) >= 11 is 0. The van der Waals surface area contributed by atoms with E-state index in [1.54, 1.807) is 20.8 Å². The molecular formula is C21H32O12. The molecule has 3 fully saturated rings. The van der Waals surface area contributed by atoms with Gasteiger partial charge in [-0.15, -0.1) is 0 Å². The van der Waals surface area contributed by atoms with E-state index in [0.717, 1.165) is 0 Å². The van der Waals surface area contributed by atoms with Gasteiger partial charge in [-0.2, -0.15) is 0 Å². The molecule has 0 aliphatic carbocycles. The Morgan fingerprint density at radius 2 is 1.33 bits per heavy atom. The lowest BCUT2D eigenvalue weighted by Crippen LogP contribution is -2.61. The van der Waals surface area contributed by atoms with Crippen LogP contribution in [0.3, 0.4) is 0 Å². The minimum Gasteiger partial charge on any atom is -0.456 e. The van der Waals surface area contributed by atoms with E-state index in [0.29, 0.717) is 0 Å². The van der Waals surface area contributed by atoms with Crippen molar-refractivity contribution in [3.8, 4) is 0 Å². The Balaban J connectivity index is 1.77. The zero-order chi connectivity index (χ0) is 24.5. The molecule has 9 atom stereocenters. The third kappa shape index (κ3) is 6.00. The summed E-state index contributed by atoms with van der Waals surface area (Å²) < 4.78 is 50.9. The van der Waals surface area contributed by atoms with Crippen molar-refractivity contribution in [3.05, 3.63) is 0 Å². The number of carbonyl (C=O) groups excluding carboxylic acids is 3. The van der Waals surface area contributed by atoms with E-state index >= 15 is 0 Å². The standard InChI is InChI=1S/C21H32O12/c1-9-14(28-10(2)22)16(29-11(3)23)17(30-12(4)24)20(27-9)26-8-13-15-18(19(25-7)31-13)33-21(5,6)32-15/h9,13-20H,8H2,1-7H3/t9-,13+,14-,15+,16+,17+,18+,19+,20+/m0/s1. The molecule has 0 bridgehead atoms. The minimum absolute atomic E-state index is 0.0271. The van der Waals surface area contributed by atoms with Crippen molar-refractivity contribution < 1.29 is 57.0 Å². The van der Waals surface area contributed by atoms with Crippen LogP contribution in [0.15, 0.2) is 0 Å². The van der Waals surface area contributed by atoms with E-state index in [-0.39, 0.29) is 6.61 Å². The van der Waals surface area contributed by atoms with Crippen LogP contribution in [0.1, 0.15) is 41.5 Å². The molecule has 12 nitrogen and oxygen atoms in total. The number of methoxy groups -OCH3 is 1. The first-order chi connectivity index (χ1) is 15.4. The molecule has 3 aliphatic rings. The fourth-order valence-corrected chi connectivity index (χ4v) is 4.26. The molecule has 3 heterocycles. The maximum Gasteiger partial charge on any atom is 0.303 e. The molecule has 0 N–H and O–H groups in total. The molecule has 0 aromatic carbocycles. The molecule has 12 heteroatoms. The molecule has 0 amide bonds. The maximum atomic E-state index is 11.8. The van der Waals surface area contributed by atoms with Gasteiger partial charge in [0.05, 0.1) is 12.7 Å². The first-order valence-electron chi connectivity index (χ1n) is 10.7. The van der Waals surface area contributed by atoms with Crippen LogP contribution in [0.5, 0.6) is 0 Å². The number of rotatable bonds is 7. The van der Waals surface area contributed by atoms with E-state index in [1.165, 1.54) is 27.9 Å². The van der Waals surface area contributed by atoms with Gasteiger partial charge in [0, 0.05) is 27.9 Å². The van der Waals surface area contributed by atoms with Gasteiger partial charge in [0.2, 0.25) is 0 Å². The summed E-state index contributed by atoms with van der Waals surface area (Å²) in [5.74, 6) is -2.73. The van der Waals surface area contributed by atoms with Crippen molar-refractivity contribution in [2.24, 2.45) is 0 Å². The maximum absolute atomic E-state index is 11.8. The van der Waals surface area contributed by atoms with Gasteiger partial charge in [0.25, 0.3) is 0 Å². The summed E-state index contributed by atoms with van der Waals surface area (Å²) in [5.41, 5.74) is 0. The number of hydrogen-bond donors (Lipinski definition) is 0. The Kier molecular flexibility index (Phi) is 7.97. The lowest BCUT2D eigenvalue weighted by molar-refractivity contribution is -0.308. The molecule has 3 saturated heterocycles. The predicted octanol–water partition coefficient (Wildman–Crippen LogP) is 0.434. The molecule has 0 spiro atoms. The number of hydrogen-bond acceptors (Lipinski definition) is 12. The van der Waals surface area contributed by atoms with Crippen molar-refractivity contribution >= 4 is 17.9 Å². The second-order valence-corrected chi connectivity index (χ2v) is 8.61. The molecule has 33 heavy (non-hydrogen) atoms. The number of carbonyl (C=O) groups is 3. The quantitative estimate of drug-likeness (QED) is 0.373. The van der Waals surface area contributed by atoms with E-state index in [9.17, 15) is 14.4 Å². The lowest BCUT2D eigenvalue weighted by atomic mass is 9.99. The molecule has 0 aromatic rings. The van der Waals surface area contributed by atoms with Crippen molar-refractivity contribution in [2.75, 3.05) is 13.7 Å². The third-order valence-electron chi connectivity index (χ3n) is 5.40. The van der Waals surface area contributed by atoms with E-state index in [4.69, 9.17) is 42.6 Å². The summed E-state index contributed by atoms with van der Waals surface area (Å²) in [5, 5.41) is 0. The second-order valence-electron chi connectivity index (χ2n) is 8.61. The van der Waals surface area contributed by atoms with E-state index in [1.807, 2.05) is 0 Å². The van der Waals surface area contributed by atoms with Crippen LogP contribution in [0, 0.1) is 0 Å². The molecule has 0 unspecified atom stereocenters. The molecule has 0 saturated carbocycles. The highest BCUT2D eigenvalue weighted by atomic mass is 16.8. The number of fused-ring (bicyclic) bond motifs is 1. The molecule has 3 rings (SSSR count). The van der Waals surface area contributed by atoms with Gasteiger partial charge >= 0.3 is 17.9 Å². The number of ether oxygens (including phenoxy) is 9. The molecule has 188 valence electrons. The van der Waals surface area contributed by atoms with Crippen molar-refractivity contribution in [3.63, 3.8) is 0 Å². The minimum atomic E-state index is -1.19. The average molecular weight is 476 g/mol. The van der Waals surface area contributed by atoms with Crippen LogP contribution in [-0.4, -0.2) is 92.7 Å². The Labute approximate surface area is 192 Å². The SMILES string of the molecule is CO[C@@H]1O[C@H](CO[C@@H]2O[C@@H](C)[C@H](OC(C)=O)[C@@H](OC(C)=O)[C@H]2OC(C)=O)[C@H]2OC(C)(C)O[C@@H]12. The molecule has 0 aromatic heterocycles. The van der Waals surface area contributed by atoms with Crippen molar-refractivity contribution in [1.29, 1.82) is 0 Å². The average Bonchev–Trinajstić information content (AvgIpc) is 3.17. The fraction of sp³-hybridized carbons (Fsp3) is 0.857.